The Kier molecular flexibility index (Phi) is 4.02. The van der Waals surface area contributed by atoms with Crippen LogP contribution in [0.1, 0.15) is 32.1 Å². The fourth-order valence-electron chi connectivity index (χ4n) is 1.92. The largest absolute Gasteiger partial charge is 0.480 e. The van der Waals surface area contributed by atoms with Gasteiger partial charge in [0.1, 0.15) is 13.2 Å². The lowest BCUT2D eigenvalue weighted by molar-refractivity contribution is -0.579. The average Bonchev–Trinajstić information content (AvgIpc) is 2.18. The molecule has 0 atom stereocenters. The van der Waals surface area contributed by atoms with E-state index in [9.17, 15) is 14.9 Å². The van der Waals surface area contributed by atoms with Crippen molar-refractivity contribution < 1.29 is 19.6 Å². The van der Waals surface area contributed by atoms with Gasteiger partial charge in [0.05, 0.1) is 0 Å². The molecule has 1 aliphatic carbocycles. The van der Waals surface area contributed by atoms with Gasteiger partial charge in [-0.3, -0.25) is 10.1 Å². The molecule has 0 aromatic heterocycles. The highest BCUT2D eigenvalue weighted by Crippen LogP contribution is 2.31. The maximum atomic E-state index is 10.9. The average molecular weight is 217 g/mol. The van der Waals surface area contributed by atoms with Crippen LogP contribution in [0.2, 0.25) is 0 Å². The molecule has 1 rings (SSSR count). The van der Waals surface area contributed by atoms with Crippen molar-refractivity contribution in [2.75, 3.05) is 13.2 Å². The molecule has 0 aromatic carbocycles. The Balaban J connectivity index is 2.49. The number of carboxylic acid groups (broad SMARTS) is 1. The number of aliphatic carboxylic acids is 1. The lowest BCUT2D eigenvalue weighted by Gasteiger charge is -2.28. The number of nitrogens with zero attached hydrogens (tertiary/aromatic N) is 1. The SMILES string of the molecule is O=C(O)COCC1([N+](=O)[O-])CCCCC1. The van der Waals surface area contributed by atoms with Crippen LogP contribution in [0.3, 0.4) is 0 Å². The van der Waals surface area contributed by atoms with Gasteiger partial charge in [0.15, 0.2) is 0 Å². The van der Waals surface area contributed by atoms with E-state index >= 15 is 0 Å². The van der Waals surface area contributed by atoms with Crippen molar-refractivity contribution in [3.63, 3.8) is 0 Å². The summed E-state index contributed by atoms with van der Waals surface area (Å²) in [6.07, 6.45) is 3.61. The summed E-state index contributed by atoms with van der Waals surface area (Å²) in [5.74, 6) is -1.09. The lowest BCUT2D eigenvalue weighted by Crippen LogP contribution is -2.45. The first kappa shape index (κ1) is 11.9. The zero-order valence-corrected chi connectivity index (χ0v) is 8.48. The monoisotopic (exact) mass is 217 g/mol. The molecule has 86 valence electrons. The smallest absolute Gasteiger partial charge is 0.329 e. The van der Waals surface area contributed by atoms with E-state index in [0.29, 0.717) is 12.8 Å². The van der Waals surface area contributed by atoms with Crippen LogP contribution in [-0.4, -0.2) is 34.8 Å². The van der Waals surface area contributed by atoms with Gasteiger partial charge in [-0.05, 0) is 12.8 Å². The van der Waals surface area contributed by atoms with Gasteiger partial charge in [0, 0.05) is 17.8 Å². The van der Waals surface area contributed by atoms with Crippen LogP contribution in [-0.2, 0) is 9.53 Å². The number of hydrogen-bond donors (Lipinski definition) is 1. The van der Waals surface area contributed by atoms with Crippen LogP contribution in [0, 0.1) is 10.1 Å². The quantitative estimate of drug-likeness (QED) is 0.549. The summed E-state index contributed by atoms with van der Waals surface area (Å²) in [6.45, 7) is -0.554. The first-order valence-electron chi connectivity index (χ1n) is 5.01. The molecule has 0 unspecified atom stereocenters. The Bertz CT molecular complexity index is 247. The highest BCUT2D eigenvalue weighted by atomic mass is 16.6. The molecular weight excluding hydrogens is 202 g/mol. The highest BCUT2D eigenvalue weighted by Gasteiger charge is 2.44. The summed E-state index contributed by atoms with van der Waals surface area (Å²) in [6, 6.07) is 0. The summed E-state index contributed by atoms with van der Waals surface area (Å²) in [7, 11) is 0. The van der Waals surface area contributed by atoms with Crippen molar-refractivity contribution >= 4 is 5.97 Å². The van der Waals surface area contributed by atoms with E-state index in [1.165, 1.54) is 0 Å². The van der Waals surface area contributed by atoms with Gasteiger partial charge in [0.2, 0.25) is 5.54 Å². The van der Waals surface area contributed by atoms with E-state index in [-0.39, 0.29) is 11.5 Å². The van der Waals surface area contributed by atoms with Gasteiger partial charge in [-0.1, -0.05) is 6.42 Å². The zero-order valence-electron chi connectivity index (χ0n) is 8.48. The van der Waals surface area contributed by atoms with Gasteiger partial charge in [-0.2, -0.15) is 0 Å². The lowest BCUT2D eigenvalue weighted by atomic mass is 9.83. The Morgan fingerprint density at radius 1 is 1.40 bits per heavy atom. The van der Waals surface area contributed by atoms with Crippen LogP contribution in [0.15, 0.2) is 0 Å². The molecule has 0 saturated heterocycles. The van der Waals surface area contributed by atoms with Gasteiger partial charge in [-0.25, -0.2) is 4.79 Å². The van der Waals surface area contributed by atoms with Crippen molar-refractivity contribution in [3.8, 4) is 0 Å². The first-order valence-corrected chi connectivity index (χ1v) is 5.01. The number of carboxylic acids is 1. The molecule has 0 spiro atoms. The number of ether oxygens (including phenoxy) is 1. The van der Waals surface area contributed by atoms with E-state index < -0.39 is 18.1 Å². The Labute approximate surface area is 87.4 Å². The van der Waals surface area contributed by atoms with Crippen LogP contribution < -0.4 is 0 Å². The number of hydrogen-bond acceptors (Lipinski definition) is 4. The number of nitro groups is 1. The van der Waals surface area contributed by atoms with E-state index in [2.05, 4.69) is 0 Å². The Hall–Kier alpha value is -1.17. The minimum atomic E-state index is -1.09. The van der Waals surface area contributed by atoms with E-state index in [1.807, 2.05) is 0 Å². The minimum absolute atomic E-state index is 0.0910. The molecule has 1 saturated carbocycles. The second kappa shape index (κ2) is 5.06. The molecular formula is C9H15NO5. The standard InChI is InChI=1S/C9H15NO5/c11-8(12)6-15-7-9(10(13)14)4-2-1-3-5-9/h1-7H2,(H,11,12). The molecule has 1 fully saturated rings. The van der Waals surface area contributed by atoms with Gasteiger partial charge < -0.3 is 9.84 Å². The van der Waals surface area contributed by atoms with Crippen molar-refractivity contribution in [2.45, 2.75) is 37.6 Å². The van der Waals surface area contributed by atoms with E-state index in [0.717, 1.165) is 19.3 Å². The minimum Gasteiger partial charge on any atom is -0.480 e. The highest BCUT2D eigenvalue weighted by molar-refractivity contribution is 5.67. The second-order valence-electron chi connectivity index (χ2n) is 3.93. The summed E-state index contributed by atoms with van der Waals surface area (Å²) < 4.78 is 4.86. The summed E-state index contributed by atoms with van der Waals surface area (Å²) in [4.78, 5) is 20.8. The number of carbonyl (C=O) groups is 1. The molecule has 6 nitrogen and oxygen atoms in total. The van der Waals surface area contributed by atoms with E-state index in [4.69, 9.17) is 9.84 Å². The first-order chi connectivity index (χ1) is 7.07. The third kappa shape index (κ3) is 3.16. The fourth-order valence-corrected chi connectivity index (χ4v) is 1.92. The maximum Gasteiger partial charge on any atom is 0.329 e. The van der Waals surface area contributed by atoms with Crippen molar-refractivity contribution in [2.24, 2.45) is 0 Å². The molecule has 0 heterocycles. The molecule has 0 aliphatic heterocycles. The van der Waals surface area contributed by atoms with Crippen molar-refractivity contribution in [1.82, 2.24) is 0 Å². The molecule has 1 N–H and O–H groups in total. The van der Waals surface area contributed by atoms with Crippen molar-refractivity contribution in [3.05, 3.63) is 10.1 Å². The van der Waals surface area contributed by atoms with Crippen molar-refractivity contribution in [1.29, 1.82) is 0 Å². The van der Waals surface area contributed by atoms with Gasteiger partial charge >= 0.3 is 5.97 Å². The maximum absolute atomic E-state index is 10.9. The molecule has 0 radical (unpaired) electrons. The normalized spacial score (nSPS) is 19.7. The molecule has 0 bridgehead atoms. The van der Waals surface area contributed by atoms with Crippen LogP contribution in [0.4, 0.5) is 0 Å². The fraction of sp³-hybridized carbons (Fsp3) is 0.889. The van der Waals surface area contributed by atoms with Gasteiger partial charge in [-0.15, -0.1) is 0 Å². The third-order valence-corrected chi connectivity index (χ3v) is 2.77. The Morgan fingerprint density at radius 3 is 2.47 bits per heavy atom. The predicted molar refractivity (Wildman–Crippen MR) is 51.3 cm³/mol. The predicted octanol–water partition coefficient (Wildman–Crippen LogP) is 1.07. The van der Waals surface area contributed by atoms with Crippen LogP contribution in [0.5, 0.6) is 0 Å². The van der Waals surface area contributed by atoms with Crippen LogP contribution in [0.25, 0.3) is 0 Å². The summed E-state index contributed by atoms with van der Waals surface area (Å²) >= 11 is 0. The topological polar surface area (TPSA) is 89.7 Å². The molecule has 6 heteroatoms. The summed E-state index contributed by atoms with van der Waals surface area (Å²) in [5.41, 5.74) is -1.05. The zero-order chi connectivity index (χ0) is 11.3. The molecule has 15 heavy (non-hydrogen) atoms. The Morgan fingerprint density at radius 2 is 2.00 bits per heavy atom. The molecule has 1 aliphatic rings. The molecule has 0 amide bonds. The number of rotatable bonds is 5. The van der Waals surface area contributed by atoms with Gasteiger partial charge in [0.25, 0.3) is 0 Å². The van der Waals surface area contributed by atoms with Crippen LogP contribution >= 0.6 is 0 Å². The summed E-state index contributed by atoms with van der Waals surface area (Å²) in [5, 5.41) is 19.3. The second-order valence-corrected chi connectivity index (χ2v) is 3.93. The van der Waals surface area contributed by atoms with E-state index in [1.54, 1.807) is 0 Å². The molecule has 0 aromatic rings. The third-order valence-electron chi connectivity index (χ3n) is 2.77.